The lowest BCUT2D eigenvalue weighted by atomic mass is 10.1. The summed E-state index contributed by atoms with van der Waals surface area (Å²) in [6.07, 6.45) is 0.872. The van der Waals surface area contributed by atoms with E-state index in [0.29, 0.717) is 21.7 Å². The summed E-state index contributed by atoms with van der Waals surface area (Å²) in [7, 11) is 0. The van der Waals surface area contributed by atoms with E-state index in [9.17, 15) is 4.79 Å². The molecule has 3 nitrogen and oxygen atoms in total. The predicted molar refractivity (Wildman–Crippen MR) is 82.7 cm³/mol. The molecule has 1 heterocycles. The van der Waals surface area contributed by atoms with Crippen LogP contribution in [0, 0.1) is 0 Å². The largest absolute Gasteiger partial charge is 0.493 e. The third-order valence-corrected chi connectivity index (χ3v) is 4.44. The fourth-order valence-corrected chi connectivity index (χ4v) is 2.72. The highest BCUT2D eigenvalue weighted by Crippen LogP contribution is 2.29. The van der Waals surface area contributed by atoms with Crippen LogP contribution in [0.15, 0.2) is 40.9 Å². The van der Waals surface area contributed by atoms with Gasteiger partial charge in [-0.25, -0.2) is 0 Å². The molecule has 20 heavy (non-hydrogen) atoms. The van der Waals surface area contributed by atoms with Crippen molar-refractivity contribution < 1.29 is 9.53 Å². The van der Waals surface area contributed by atoms with Gasteiger partial charge in [0, 0.05) is 16.6 Å². The van der Waals surface area contributed by atoms with Crippen molar-refractivity contribution >= 4 is 39.1 Å². The number of hydrogen-bond donors (Lipinski definition) is 1. The minimum Gasteiger partial charge on any atom is -0.493 e. The standard InChI is InChI=1S/C15H11BrClNO2/c16-12-3-1-2-11(14(12)17)15(19)18-10-4-5-13-9(8-10)6-7-20-13/h1-5,8H,6-7H2,(H,18,19). The summed E-state index contributed by atoms with van der Waals surface area (Å²) in [6, 6.07) is 10.9. The topological polar surface area (TPSA) is 38.3 Å². The Morgan fingerprint density at radius 2 is 2.15 bits per heavy atom. The molecule has 2 aromatic rings. The lowest BCUT2D eigenvalue weighted by Gasteiger charge is -2.09. The quantitative estimate of drug-likeness (QED) is 0.875. The van der Waals surface area contributed by atoms with Crippen LogP contribution in [-0.4, -0.2) is 12.5 Å². The smallest absolute Gasteiger partial charge is 0.257 e. The molecule has 1 amide bonds. The van der Waals surface area contributed by atoms with Crippen molar-refractivity contribution in [1.29, 1.82) is 0 Å². The Bertz CT molecular complexity index is 688. The van der Waals surface area contributed by atoms with Crippen LogP contribution in [0.4, 0.5) is 5.69 Å². The molecule has 1 aliphatic rings. The van der Waals surface area contributed by atoms with Gasteiger partial charge in [-0.05, 0) is 51.8 Å². The van der Waals surface area contributed by atoms with E-state index >= 15 is 0 Å². The van der Waals surface area contributed by atoms with Crippen LogP contribution < -0.4 is 10.1 Å². The highest BCUT2D eigenvalue weighted by atomic mass is 79.9. The summed E-state index contributed by atoms with van der Waals surface area (Å²) in [6.45, 7) is 0.699. The van der Waals surface area contributed by atoms with Crippen molar-refractivity contribution in [3.8, 4) is 5.75 Å². The summed E-state index contributed by atoms with van der Waals surface area (Å²) in [5.74, 6) is 0.665. The number of amides is 1. The zero-order chi connectivity index (χ0) is 14.1. The summed E-state index contributed by atoms with van der Waals surface area (Å²) in [5.41, 5.74) is 2.30. The number of halogens is 2. The molecule has 1 aliphatic heterocycles. The SMILES string of the molecule is O=C(Nc1ccc2c(c1)CCO2)c1cccc(Br)c1Cl. The van der Waals surface area contributed by atoms with Gasteiger partial charge in [0.1, 0.15) is 5.75 Å². The van der Waals surface area contributed by atoms with Crippen LogP contribution in [0.5, 0.6) is 5.75 Å². The second-order valence-corrected chi connectivity index (χ2v) is 5.71. The fraction of sp³-hybridized carbons (Fsp3) is 0.133. The summed E-state index contributed by atoms with van der Waals surface area (Å²) in [5, 5.41) is 3.27. The van der Waals surface area contributed by atoms with Crippen LogP contribution in [0.25, 0.3) is 0 Å². The van der Waals surface area contributed by atoms with Crippen molar-refractivity contribution in [2.24, 2.45) is 0 Å². The zero-order valence-corrected chi connectivity index (χ0v) is 12.8. The second kappa shape index (κ2) is 5.46. The van der Waals surface area contributed by atoms with Gasteiger partial charge in [0.2, 0.25) is 0 Å². The summed E-state index contributed by atoms with van der Waals surface area (Å²) in [4.78, 5) is 12.2. The Balaban J connectivity index is 1.84. The third-order valence-electron chi connectivity index (χ3n) is 3.14. The van der Waals surface area contributed by atoms with Gasteiger partial charge >= 0.3 is 0 Å². The van der Waals surface area contributed by atoms with Crippen molar-refractivity contribution in [3.05, 3.63) is 57.0 Å². The number of carbonyl (C=O) groups is 1. The first-order chi connectivity index (χ1) is 9.65. The Morgan fingerprint density at radius 1 is 1.30 bits per heavy atom. The van der Waals surface area contributed by atoms with Crippen LogP contribution in [0.3, 0.4) is 0 Å². The minimum atomic E-state index is -0.227. The molecule has 0 atom stereocenters. The van der Waals surface area contributed by atoms with Crippen LogP contribution in [0.1, 0.15) is 15.9 Å². The lowest BCUT2D eigenvalue weighted by Crippen LogP contribution is -2.12. The number of rotatable bonds is 2. The molecule has 0 saturated heterocycles. The van der Waals surface area contributed by atoms with Gasteiger partial charge in [-0.15, -0.1) is 0 Å². The monoisotopic (exact) mass is 351 g/mol. The van der Waals surface area contributed by atoms with E-state index in [1.807, 2.05) is 18.2 Å². The second-order valence-electron chi connectivity index (χ2n) is 4.48. The molecule has 0 aromatic heterocycles. The normalized spacial score (nSPS) is 12.7. The molecule has 0 aliphatic carbocycles. The van der Waals surface area contributed by atoms with Gasteiger partial charge in [0.25, 0.3) is 5.91 Å². The number of nitrogens with one attached hydrogen (secondary N) is 1. The number of hydrogen-bond acceptors (Lipinski definition) is 2. The first-order valence-electron chi connectivity index (χ1n) is 6.16. The van der Waals surface area contributed by atoms with Crippen LogP contribution in [0.2, 0.25) is 5.02 Å². The molecule has 0 saturated carbocycles. The number of ether oxygens (including phenoxy) is 1. The maximum Gasteiger partial charge on any atom is 0.257 e. The fourth-order valence-electron chi connectivity index (χ4n) is 2.14. The number of benzene rings is 2. The van der Waals surface area contributed by atoms with Gasteiger partial charge in [-0.2, -0.15) is 0 Å². The Hall–Kier alpha value is -1.52. The van der Waals surface area contributed by atoms with E-state index in [2.05, 4.69) is 21.2 Å². The van der Waals surface area contributed by atoms with Crippen molar-refractivity contribution in [2.75, 3.05) is 11.9 Å². The highest BCUT2D eigenvalue weighted by Gasteiger charge is 2.15. The van der Waals surface area contributed by atoms with E-state index < -0.39 is 0 Å². The number of fused-ring (bicyclic) bond motifs is 1. The molecule has 0 bridgehead atoms. The maximum absolute atomic E-state index is 12.2. The van der Waals surface area contributed by atoms with E-state index in [0.717, 1.165) is 23.4 Å². The first-order valence-corrected chi connectivity index (χ1v) is 7.33. The number of anilines is 1. The molecule has 5 heteroatoms. The van der Waals surface area contributed by atoms with Crippen molar-refractivity contribution in [2.45, 2.75) is 6.42 Å². The molecule has 0 spiro atoms. The van der Waals surface area contributed by atoms with Gasteiger partial charge in [0.05, 0.1) is 17.2 Å². The Kier molecular flexibility index (Phi) is 3.68. The predicted octanol–water partition coefficient (Wildman–Crippen LogP) is 4.29. The van der Waals surface area contributed by atoms with Crippen LogP contribution >= 0.6 is 27.5 Å². The van der Waals surface area contributed by atoms with E-state index in [1.54, 1.807) is 18.2 Å². The van der Waals surface area contributed by atoms with E-state index in [4.69, 9.17) is 16.3 Å². The van der Waals surface area contributed by atoms with Gasteiger partial charge < -0.3 is 10.1 Å². The summed E-state index contributed by atoms with van der Waals surface area (Å²) >= 11 is 9.43. The Labute approximate surface area is 130 Å². The lowest BCUT2D eigenvalue weighted by molar-refractivity contribution is 0.102. The van der Waals surface area contributed by atoms with E-state index in [-0.39, 0.29) is 5.91 Å². The van der Waals surface area contributed by atoms with E-state index in [1.165, 1.54) is 0 Å². The van der Waals surface area contributed by atoms with Gasteiger partial charge in [-0.1, -0.05) is 17.7 Å². The molecule has 1 N–H and O–H groups in total. The first kappa shape index (κ1) is 13.5. The molecular weight excluding hydrogens is 342 g/mol. The molecular formula is C15H11BrClNO2. The third kappa shape index (κ3) is 2.53. The Morgan fingerprint density at radius 3 is 3.00 bits per heavy atom. The van der Waals surface area contributed by atoms with Gasteiger partial charge in [-0.3, -0.25) is 4.79 Å². The maximum atomic E-state index is 12.2. The van der Waals surface area contributed by atoms with Gasteiger partial charge in [0.15, 0.2) is 0 Å². The molecule has 0 fully saturated rings. The average Bonchev–Trinajstić information content (AvgIpc) is 2.89. The molecule has 0 radical (unpaired) electrons. The van der Waals surface area contributed by atoms with Crippen molar-refractivity contribution in [3.63, 3.8) is 0 Å². The number of carbonyl (C=O) groups excluding carboxylic acids is 1. The molecule has 3 rings (SSSR count). The average molecular weight is 353 g/mol. The molecule has 102 valence electrons. The zero-order valence-electron chi connectivity index (χ0n) is 10.5. The van der Waals surface area contributed by atoms with Crippen molar-refractivity contribution in [1.82, 2.24) is 0 Å². The molecule has 2 aromatic carbocycles. The highest BCUT2D eigenvalue weighted by molar-refractivity contribution is 9.10. The summed E-state index contributed by atoms with van der Waals surface area (Å²) < 4.78 is 6.14. The minimum absolute atomic E-state index is 0.227. The van der Waals surface area contributed by atoms with Crippen LogP contribution in [-0.2, 0) is 6.42 Å². The molecule has 0 unspecified atom stereocenters.